The first kappa shape index (κ1) is 25.3. The molecule has 0 fully saturated rings. The highest BCUT2D eigenvalue weighted by Crippen LogP contribution is 2.08. The number of nitrogens with two attached hydrogens (primary N) is 1. The summed E-state index contributed by atoms with van der Waals surface area (Å²) in [6.07, 6.45) is 0. The van der Waals surface area contributed by atoms with Gasteiger partial charge in [0.2, 0.25) is 10.0 Å². The molecule has 0 aromatic heterocycles. The van der Waals surface area contributed by atoms with Gasteiger partial charge in [-0.1, -0.05) is 49.4 Å². The summed E-state index contributed by atoms with van der Waals surface area (Å²) in [4.78, 5) is 4.30. The molecule has 9 heteroatoms. The largest absolute Gasteiger partial charge is 0.376 e. The highest BCUT2D eigenvalue weighted by atomic mass is 127. The minimum absolute atomic E-state index is 0. The van der Waals surface area contributed by atoms with Gasteiger partial charge in [-0.3, -0.25) is 4.99 Å². The van der Waals surface area contributed by atoms with Crippen molar-refractivity contribution >= 4 is 40.0 Å². The number of nitrogens with zero attached hydrogens (tertiary/aromatic N) is 1. The van der Waals surface area contributed by atoms with E-state index in [1.807, 2.05) is 30.3 Å². The molecule has 0 aliphatic rings. The number of sulfonamides is 1. The molecule has 7 nitrogen and oxygen atoms in total. The van der Waals surface area contributed by atoms with E-state index in [0.717, 1.165) is 17.7 Å². The zero-order chi connectivity index (χ0) is 20.4. The monoisotopic (exact) mass is 532 g/mol. The number of halogens is 1. The third kappa shape index (κ3) is 9.57. The van der Waals surface area contributed by atoms with E-state index in [-0.39, 0.29) is 28.9 Å². The molecular weight excluding hydrogens is 503 g/mol. The van der Waals surface area contributed by atoms with Crippen molar-refractivity contribution < 1.29 is 13.2 Å². The van der Waals surface area contributed by atoms with Crippen LogP contribution in [0.25, 0.3) is 0 Å². The third-order valence-electron chi connectivity index (χ3n) is 4.07. The molecule has 0 aliphatic heterocycles. The molecule has 0 heterocycles. The standard InChI is InChI=1S/C20H28N4O3S.HI/c1-16(14-27-15-18-6-4-3-5-7-18)12-23-20(22-2)24-13-17-8-10-19(11-9-17)28(21,25)26;/h3-11,16H,12-15H2,1-2H3,(H2,21,25,26)(H2,22,23,24);1H. The van der Waals surface area contributed by atoms with E-state index in [9.17, 15) is 8.42 Å². The van der Waals surface area contributed by atoms with Crippen LogP contribution in [-0.2, 0) is 27.9 Å². The van der Waals surface area contributed by atoms with Gasteiger partial charge in [0.25, 0.3) is 0 Å². The number of aliphatic imine (C=N–C) groups is 1. The molecular formula is C20H29IN4O3S. The Labute approximate surface area is 190 Å². The molecule has 0 amide bonds. The summed E-state index contributed by atoms with van der Waals surface area (Å²) < 4.78 is 28.3. The number of ether oxygens (including phenoxy) is 1. The maximum Gasteiger partial charge on any atom is 0.238 e. The SMILES string of the molecule is CN=C(NCc1ccc(S(N)(=O)=O)cc1)NCC(C)COCc1ccccc1.I. The number of benzene rings is 2. The van der Waals surface area contributed by atoms with Gasteiger partial charge in [-0.15, -0.1) is 24.0 Å². The van der Waals surface area contributed by atoms with Crippen molar-refractivity contribution in [2.75, 3.05) is 20.2 Å². The molecule has 1 unspecified atom stereocenters. The summed E-state index contributed by atoms with van der Waals surface area (Å²) in [5, 5.41) is 11.6. The Morgan fingerprint density at radius 1 is 1.07 bits per heavy atom. The molecule has 0 radical (unpaired) electrons. The third-order valence-corrected chi connectivity index (χ3v) is 5.00. The number of hydrogen-bond donors (Lipinski definition) is 3. The second kappa shape index (κ2) is 12.8. The van der Waals surface area contributed by atoms with Crippen LogP contribution in [0.4, 0.5) is 0 Å². The molecule has 0 spiro atoms. The quantitative estimate of drug-likeness (QED) is 0.262. The zero-order valence-corrected chi connectivity index (χ0v) is 19.8. The van der Waals surface area contributed by atoms with Gasteiger partial charge in [0.1, 0.15) is 0 Å². The Bertz CT molecular complexity index is 859. The summed E-state index contributed by atoms with van der Waals surface area (Å²) in [6.45, 7) is 4.60. The van der Waals surface area contributed by atoms with E-state index >= 15 is 0 Å². The minimum atomic E-state index is -3.67. The number of guanidine groups is 1. The van der Waals surface area contributed by atoms with Crippen molar-refractivity contribution in [3.63, 3.8) is 0 Å². The molecule has 160 valence electrons. The molecule has 0 saturated carbocycles. The average Bonchev–Trinajstić information content (AvgIpc) is 2.68. The molecule has 1 atom stereocenters. The van der Waals surface area contributed by atoms with Gasteiger partial charge in [-0.25, -0.2) is 13.6 Å². The highest BCUT2D eigenvalue weighted by Gasteiger charge is 2.08. The number of hydrogen-bond acceptors (Lipinski definition) is 4. The average molecular weight is 532 g/mol. The van der Waals surface area contributed by atoms with Crippen LogP contribution in [0, 0.1) is 5.92 Å². The fourth-order valence-electron chi connectivity index (χ4n) is 2.49. The normalized spacial score (nSPS) is 12.7. The molecule has 2 aromatic rings. The van der Waals surface area contributed by atoms with Gasteiger partial charge in [-0.2, -0.15) is 0 Å². The summed E-state index contributed by atoms with van der Waals surface area (Å²) in [5.41, 5.74) is 2.09. The lowest BCUT2D eigenvalue weighted by molar-refractivity contribution is 0.0931. The van der Waals surface area contributed by atoms with Gasteiger partial charge in [0.15, 0.2) is 5.96 Å². The number of rotatable bonds is 9. The summed E-state index contributed by atoms with van der Waals surface area (Å²) in [7, 11) is -1.96. The van der Waals surface area contributed by atoms with Crippen LogP contribution in [0.3, 0.4) is 0 Å². The molecule has 0 bridgehead atoms. The molecule has 2 aromatic carbocycles. The van der Waals surface area contributed by atoms with E-state index in [1.54, 1.807) is 19.2 Å². The van der Waals surface area contributed by atoms with E-state index in [2.05, 4.69) is 22.5 Å². The van der Waals surface area contributed by atoms with Crippen molar-refractivity contribution in [1.29, 1.82) is 0 Å². The van der Waals surface area contributed by atoms with E-state index < -0.39 is 10.0 Å². The van der Waals surface area contributed by atoms with Crippen LogP contribution in [0.2, 0.25) is 0 Å². The van der Waals surface area contributed by atoms with Crippen LogP contribution >= 0.6 is 24.0 Å². The first-order valence-electron chi connectivity index (χ1n) is 9.06. The van der Waals surface area contributed by atoms with Crippen LogP contribution in [-0.4, -0.2) is 34.6 Å². The summed E-state index contributed by atoms with van der Waals surface area (Å²) in [6, 6.07) is 16.5. The van der Waals surface area contributed by atoms with Crippen LogP contribution < -0.4 is 15.8 Å². The van der Waals surface area contributed by atoms with Crippen LogP contribution in [0.5, 0.6) is 0 Å². The lowest BCUT2D eigenvalue weighted by Gasteiger charge is -2.16. The Morgan fingerprint density at radius 2 is 1.72 bits per heavy atom. The highest BCUT2D eigenvalue weighted by molar-refractivity contribution is 14.0. The van der Waals surface area contributed by atoms with E-state index in [0.29, 0.717) is 31.6 Å². The van der Waals surface area contributed by atoms with Crippen LogP contribution in [0.1, 0.15) is 18.1 Å². The lowest BCUT2D eigenvalue weighted by atomic mass is 10.2. The maximum absolute atomic E-state index is 11.3. The fraction of sp³-hybridized carbons (Fsp3) is 0.350. The van der Waals surface area contributed by atoms with Crippen molar-refractivity contribution in [2.24, 2.45) is 16.0 Å². The predicted octanol–water partition coefficient (Wildman–Crippen LogP) is 2.47. The predicted molar refractivity (Wildman–Crippen MR) is 127 cm³/mol. The maximum atomic E-state index is 11.3. The minimum Gasteiger partial charge on any atom is -0.376 e. The Kier molecular flexibility index (Phi) is 11.2. The van der Waals surface area contributed by atoms with Gasteiger partial charge >= 0.3 is 0 Å². The van der Waals surface area contributed by atoms with Gasteiger partial charge in [0, 0.05) is 20.1 Å². The van der Waals surface area contributed by atoms with E-state index in [4.69, 9.17) is 9.88 Å². The fourth-order valence-corrected chi connectivity index (χ4v) is 3.00. The topological polar surface area (TPSA) is 106 Å². The molecule has 0 aliphatic carbocycles. The summed E-state index contributed by atoms with van der Waals surface area (Å²) in [5.74, 6) is 0.988. The Morgan fingerprint density at radius 3 is 2.31 bits per heavy atom. The molecule has 4 N–H and O–H groups in total. The molecule has 29 heavy (non-hydrogen) atoms. The second-order valence-electron chi connectivity index (χ2n) is 6.60. The van der Waals surface area contributed by atoms with Gasteiger partial charge < -0.3 is 15.4 Å². The summed E-state index contributed by atoms with van der Waals surface area (Å²) >= 11 is 0. The van der Waals surface area contributed by atoms with Crippen molar-refractivity contribution in [2.45, 2.75) is 25.0 Å². The second-order valence-corrected chi connectivity index (χ2v) is 8.16. The van der Waals surface area contributed by atoms with Crippen molar-refractivity contribution in [3.05, 3.63) is 65.7 Å². The van der Waals surface area contributed by atoms with Gasteiger partial charge in [-0.05, 0) is 29.2 Å². The van der Waals surface area contributed by atoms with E-state index in [1.165, 1.54) is 12.1 Å². The van der Waals surface area contributed by atoms with Crippen molar-refractivity contribution in [1.82, 2.24) is 10.6 Å². The van der Waals surface area contributed by atoms with Crippen molar-refractivity contribution in [3.8, 4) is 0 Å². The zero-order valence-electron chi connectivity index (χ0n) is 16.7. The Balaban J connectivity index is 0.00000420. The smallest absolute Gasteiger partial charge is 0.238 e. The van der Waals surface area contributed by atoms with Crippen LogP contribution in [0.15, 0.2) is 64.5 Å². The lowest BCUT2D eigenvalue weighted by Crippen LogP contribution is -2.39. The number of nitrogens with one attached hydrogen (secondary N) is 2. The first-order valence-corrected chi connectivity index (χ1v) is 10.6. The Hall–Kier alpha value is -1.69. The first-order chi connectivity index (χ1) is 13.4. The molecule has 2 rings (SSSR count). The molecule has 0 saturated heterocycles. The van der Waals surface area contributed by atoms with Gasteiger partial charge in [0.05, 0.1) is 18.1 Å². The number of primary sulfonamides is 1.